The molecule has 0 saturated carbocycles. The second kappa shape index (κ2) is 6.02. The number of carbonyl (C=O) groups excluding carboxylic acids is 1. The van der Waals surface area contributed by atoms with Crippen molar-refractivity contribution in [1.82, 2.24) is 15.0 Å². The van der Waals surface area contributed by atoms with Crippen LogP contribution in [0, 0.1) is 0 Å². The molecule has 2 N–H and O–H groups in total. The van der Waals surface area contributed by atoms with Crippen LogP contribution in [0.15, 0.2) is 28.9 Å². The average molecular weight is 360 g/mol. The van der Waals surface area contributed by atoms with Gasteiger partial charge in [0.2, 0.25) is 5.91 Å². The zero-order chi connectivity index (χ0) is 14.7. The number of rotatable bonds is 4. The zero-order valence-electron chi connectivity index (χ0n) is 9.88. The van der Waals surface area contributed by atoms with E-state index >= 15 is 0 Å². The quantitative estimate of drug-likeness (QED) is 0.870. The number of amides is 1. The summed E-state index contributed by atoms with van der Waals surface area (Å²) in [6.07, 6.45) is 1.18. The van der Waals surface area contributed by atoms with Gasteiger partial charge in [0.1, 0.15) is 6.54 Å². The Bertz CT molecular complexity index is 673. The van der Waals surface area contributed by atoms with Crippen molar-refractivity contribution in [3.05, 3.63) is 39.6 Å². The molecule has 0 unspecified atom stereocenters. The number of hydrogen-bond acceptors (Lipinski definition) is 4. The van der Waals surface area contributed by atoms with E-state index in [0.29, 0.717) is 15.2 Å². The van der Waals surface area contributed by atoms with Crippen molar-refractivity contribution < 1.29 is 14.7 Å². The monoisotopic (exact) mass is 358 g/mol. The van der Waals surface area contributed by atoms with Gasteiger partial charge in [0, 0.05) is 9.50 Å². The van der Waals surface area contributed by atoms with Gasteiger partial charge in [0.25, 0.3) is 0 Å². The molecule has 0 saturated heterocycles. The molecule has 0 atom stereocenters. The number of nitrogens with one attached hydrogen (secondary N) is 1. The van der Waals surface area contributed by atoms with Crippen molar-refractivity contribution in [3.63, 3.8) is 0 Å². The highest BCUT2D eigenvalue weighted by atomic mass is 79.9. The number of hydrogen-bond donors (Lipinski definition) is 2. The van der Waals surface area contributed by atoms with Crippen molar-refractivity contribution >= 4 is 45.1 Å². The van der Waals surface area contributed by atoms with Crippen molar-refractivity contribution in [2.45, 2.75) is 6.54 Å². The standard InChI is InChI=1S/C11H8BrClN4O3/c12-7-3-6(13)1-2-8(7)14-10(18)5-17-4-9(11(19)20)15-16-17/h1-4H,5H2,(H,14,18)(H,19,20). The van der Waals surface area contributed by atoms with Crippen LogP contribution < -0.4 is 5.32 Å². The normalized spacial score (nSPS) is 10.3. The average Bonchev–Trinajstić information content (AvgIpc) is 2.81. The lowest BCUT2D eigenvalue weighted by atomic mass is 10.3. The van der Waals surface area contributed by atoms with Gasteiger partial charge in [0.15, 0.2) is 5.69 Å². The minimum absolute atomic E-state index is 0.144. The Hall–Kier alpha value is -1.93. The summed E-state index contributed by atoms with van der Waals surface area (Å²) < 4.78 is 1.78. The molecular weight excluding hydrogens is 352 g/mol. The van der Waals surface area contributed by atoms with Crippen molar-refractivity contribution in [1.29, 1.82) is 0 Å². The van der Waals surface area contributed by atoms with E-state index in [-0.39, 0.29) is 18.1 Å². The third-order valence-corrected chi connectivity index (χ3v) is 3.16. The van der Waals surface area contributed by atoms with Crippen molar-refractivity contribution in [2.75, 3.05) is 5.32 Å². The first-order valence-electron chi connectivity index (χ1n) is 5.34. The van der Waals surface area contributed by atoms with Crippen LogP contribution in [0.1, 0.15) is 10.5 Å². The van der Waals surface area contributed by atoms with Gasteiger partial charge < -0.3 is 10.4 Å². The fourth-order valence-electron chi connectivity index (χ4n) is 1.40. The van der Waals surface area contributed by atoms with Gasteiger partial charge in [-0.05, 0) is 34.1 Å². The molecule has 0 bridgehead atoms. The summed E-state index contributed by atoms with van der Waals surface area (Å²) in [5.41, 5.74) is 0.337. The summed E-state index contributed by atoms with van der Waals surface area (Å²) in [5, 5.41) is 18.8. The molecule has 1 aromatic heterocycles. The molecule has 0 radical (unpaired) electrons. The number of anilines is 1. The molecule has 20 heavy (non-hydrogen) atoms. The van der Waals surface area contributed by atoms with E-state index in [1.54, 1.807) is 18.2 Å². The number of nitrogens with zero attached hydrogens (tertiary/aromatic N) is 3. The maximum Gasteiger partial charge on any atom is 0.358 e. The first-order chi connectivity index (χ1) is 9.45. The molecule has 9 heteroatoms. The molecule has 0 aliphatic rings. The number of carbonyl (C=O) groups is 2. The second-order valence-corrected chi connectivity index (χ2v) is 5.07. The lowest BCUT2D eigenvalue weighted by Crippen LogP contribution is -2.19. The molecule has 0 spiro atoms. The SMILES string of the molecule is O=C(Cn1cc(C(=O)O)nn1)Nc1ccc(Cl)cc1Br. The van der Waals surface area contributed by atoms with Gasteiger partial charge in [0.05, 0.1) is 11.9 Å². The van der Waals surface area contributed by atoms with Gasteiger partial charge >= 0.3 is 5.97 Å². The van der Waals surface area contributed by atoms with Crippen LogP contribution in [0.5, 0.6) is 0 Å². The van der Waals surface area contributed by atoms with E-state index in [0.717, 1.165) is 4.68 Å². The van der Waals surface area contributed by atoms with E-state index in [2.05, 4.69) is 31.6 Å². The lowest BCUT2D eigenvalue weighted by molar-refractivity contribution is -0.116. The van der Waals surface area contributed by atoms with E-state index < -0.39 is 5.97 Å². The van der Waals surface area contributed by atoms with Gasteiger partial charge in [-0.25, -0.2) is 9.48 Å². The number of carboxylic acids is 1. The number of benzene rings is 1. The number of halogens is 2. The van der Waals surface area contributed by atoms with Crippen LogP contribution in [-0.4, -0.2) is 32.0 Å². The van der Waals surface area contributed by atoms with Crippen molar-refractivity contribution in [3.8, 4) is 0 Å². The van der Waals surface area contributed by atoms with Gasteiger partial charge in [-0.1, -0.05) is 16.8 Å². The Morgan fingerprint density at radius 1 is 1.45 bits per heavy atom. The molecule has 104 valence electrons. The molecule has 0 aliphatic heterocycles. The Balaban J connectivity index is 2.03. The molecule has 1 heterocycles. The molecule has 2 rings (SSSR count). The molecule has 1 amide bonds. The molecule has 1 aromatic carbocycles. The minimum Gasteiger partial charge on any atom is -0.476 e. The Morgan fingerprint density at radius 2 is 2.20 bits per heavy atom. The van der Waals surface area contributed by atoms with E-state index in [1.807, 2.05) is 0 Å². The van der Waals surface area contributed by atoms with Crippen LogP contribution in [0.3, 0.4) is 0 Å². The third kappa shape index (κ3) is 3.55. The zero-order valence-corrected chi connectivity index (χ0v) is 12.2. The number of carboxylic acid groups (broad SMARTS) is 1. The van der Waals surface area contributed by atoms with E-state index in [1.165, 1.54) is 6.20 Å². The van der Waals surface area contributed by atoms with Crippen LogP contribution >= 0.6 is 27.5 Å². The Morgan fingerprint density at radius 3 is 2.80 bits per heavy atom. The largest absolute Gasteiger partial charge is 0.476 e. The molecule has 0 aliphatic carbocycles. The fourth-order valence-corrected chi connectivity index (χ4v) is 2.18. The van der Waals surface area contributed by atoms with E-state index in [4.69, 9.17) is 16.7 Å². The molecular formula is C11H8BrClN4O3. The molecule has 0 fully saturated rings. The topological polar surface area (TPSA) is 97.1 Å². The number of aromatic nitrogens is 3. The van der Waals surface area contributed by atoms with Crippen molar-refractivity contribution in [2.24, 2.45) is 0 Å². The number of aromatic carboxylic acids is 1. The molecule has 2 aromatic rings. The van der Waals surface area contributed by atoms with Crippen LogP contribution in [-0.2, 0) is 11.3 Å². The lowest BCUT2D eigenvalue weighted by Gasteiger charge is -2.07. The van der Waals surface area contributed by atoms with E-state index in [9.17, 15) is 9.59 Å². The third-order valence-electron chi connectivity index (χ3n) is 2.27. The highest BCUT2D eigenvalue weighted by molar-refractivity contribution is 9.10. The summed E-state index contributed by atoms with van der Waals surface area (Å²) >= 11 is 9.07. The maximum atomic E-state index is 11.8. The highest BCUT2D eigenvalue weighted by Gasteiger charge is 2.11. The summed E-state index contributed by atoms with van der Waals surface area (Å²) in [6.45, 7) is -0.144. The highest BCUT2D eigenvalue weighted by Crippen LogP contribution is 2.25. The minimum atomic E-state index is -1.20. The Kier molecular flexibility index (Phi) is 4.35. The predicted molar refractivity (Wildman–Crippen MR) is 74.8 cm³/mol. The maximum absolute atomic E-state index is 11.8. The molecule has 7 nitrogen and oxygen atoms in total. The summed E-state index contributed by atoms with van der Waals surface area (Å²) in [4.78, 5) is 22.4. The predicted octanol–water partition coefficient (Wildman–Crippen LogP) is 2.03. The first-order valence-corrected chi connectivity index (χ1v) is 6.51. The Labute approximate surface area is 126 Å². The fraction of sp³-hybridized carbons (Fsp3) is 0.0909. The smallest absolute Gasteiger partial charge is 0.358 e. The van der Waals surface area contributed by atoms with Gasteiger partial charge in [-0.15, -0.1) is 5.10 Å². The van der Waals surface area contributed by atoms with Crippen LogP contribution in [0.4, 0.5) is 5.69 Å². The second-order valence-electron chi connectivity index (χ2n) is 3.78. The van der Waals surface area contributed by atoms with Crippen LogP contribution in [0.2, 0.25) is 5.02 Å². The van der Waals surface area contributed by atoms with Gasteiger partial charge in [-0.2, -0.15) is 0 Å². The summed E-state index contributed by atoms with van der Waals surface area (Å²) in [5.74, 6) is -1.56. The van der Waals surface area contributed by atoms with Gasteiger partial charge in [-0.3, -0.25) is 4.79 Å². The first kappa shape index (κ1) is 14.5. The summed E-state index contributed by atoms with van der Waals surface area (Å²) in [6, 6.07) is 4.93. The van der Waals surface area contributed by atoms with Crippen LogP contribution in [0.25, 0.3) is 0 Å². The summed E-state index contributed by atoms with van der Waals surface area (Å²) in [7, 11) is 0.